The van der Waals surface area contributed by atoms with Crippen molar-refractivity contribution in [2.24, 2.45) is 0 Å². The molecule has 3 rings (SSSR count). The van der Waals surface area contributed by atoms with Gasteiger partial charge in [-0.15, -0.1) is 11.3 Å². The van der Waals surface area contributed by atoms with Gasteiger partial charge in [0.2, 0.25) is 0 Å². The largest absolute Gasteiger partial charge is 0.374 e. The molecule has 1 aliphatic rings. The molecular formula is C14H12N4OS. The quantitative estimate of drug-likeness (QED) is 0.938. The van der Waals surface area contributed by atoms with Crippen LogP contribution in [0.1, 0.15) is 12.0 Å². The summed E-state index contributed by atoms with van der Waals surface area (Å²) in [5.41, 5.74) is 1.46. The van der Waals surface area contributed by atoms with Crippen molar-refractivity contribution in [3.05, 3.63) is 41.4 Å². The fourth-order valence-electron chi connectivity index (χ4n) is 2.20. The molecule has 1 aromatic carbocycles. The van der Waals surface area contributed by atoms with Gasteiger partial charge in [-0.05, 0) is 30.7 Å². The number of aromatic nitrogens is 1. The zero-order valence-electron chi connectivity index (χ0n) is 10.6. The molecule has 100 valence electrons. The van der Waals surface area contributed by atoms with Gasteiger partial charge in [0, 0.05) is 23.8 Å². The van der Waals surface area contributed by atoms with Gasteiger partial charge in [-0.3, -0.25) is 9.69 Å². The molecule has 20 heavy (non-hydrogen) atoms. The van der Waals surface area contributed by atoms with Crippen LogP contribution in [0.25, 0.3) is 0 Å². The number of hydrogen-bond donors (Lipinski definition) is 1. The van der Waals surface area contributed by atoms with Crippen molar-refractivity contribution in [3.8, 4) is 6.07 Å². The van der Waals surface area contributed by atoms with Crippen LogP contribution in [0.4, 0.5) is 10.8 Å². The van der Waals surface area contributed by atoms with Crippen LogP contribution in [0, 0.1) is 11.3 Å². The molecule has 5 nitrogen and oxygen atoms in total. The molecular weight excluding hydrogens is 272 g/mol. The van der Waals surface area contributed by atoms with Gasteiger partial charge in [0.15, 0.2) is 5.13 Å². The molecule has 2 aromatic rings. The summed E-state index contributed by atoms with van der Waals surface area (Å²) in [5.74, 6) is 0.0457. The molecule has 1 saturated heterocycles. The van der Waals surface area contributed by atoms with Gasteiger partial charge in [0.25, 0.3) is 5.91 Å². The van der Waals surface area contributed by atoms with E-state index in [1.54, 1.807) is 23.2 Å². The standard InChI is InChI=1S/C14H12N4OS/c15-9-10-1-3-11(4-2-10)17-12-5-7-18(13(12)19)14-16-6-8-20-14/h1-4,6,8,12,17H,5,7H2. The SMILES string of the molecule is N#Cc1ccc(NC2CCN(c3nccs3)C2=O)cc1. The van der Waals surface area contributed by atoms with Crippen molar-refractivity contribution in [2.75, 3.05) is 16.8 Å². The lowest BCUT2D eigenvalue weighted by Crippen LogP contribution is -2.33. The minimum Gasteiger partial charge on any atom is -0.374 e. The summed E-state index contributed by atoms with van der Waals surface area (Å²) in [6.07, 6.45) is 2.45. The normalized spacial score (nSPS) is 18.1. The number of hydrogen-bond acceptors (Lipinski definition) is 5. The van der Waals surface area contributed by atoms with Crippen LogP contribution in [-0.4, -0.2) is 23.5 Å². The first-order chi connectivity index (χ1) is 9.78. The maximum Gasteiger partial charge on any atom is 0.251 e. The Balaban J connectivity index is 1.70. The van der Waals surface area contributed by atoms with Crippen molar-refractivity contribution in [1.29, 1.82) is 5.26 Å². The molecule has 1 aromatic heterocycles. The van der Waals surface area contributed by atoms with Gasteiger partial charge in [-0.25, -0.2) is 4.98 Å². The first kappa shape index (κ1) is 12.6. The van der Waals surface area contributed by atoms with Crippen LogP contribution < -0.4 is 10.2 Å². The summed E-state index contributed by atoms with van der Waals surface area (Å²) in [4.78, 5) is 18.2. The highest BCUT2D eigenvalue weighted by Crippen LogP contribution is 2.25. The maximum absolute atomic E-state index is 12.3. The molecule has 1 aliphatic heterocycles. The maximum atomic E-state index is 12.3. The molecule has 2 heterocycles. The predicted molar refractivity (Wildman–Crippen MR) is 77.7 cm³/mol. The number of thiazole rings is 1. The molecule has 6 heteroatoms. The summed E-state index contributed by atoms with van der Waals surface area (Å²) in [7, 11) is 0. The van der Waals surface area contributed by atoms with Gasteiger partial charge in [0.1, 0.15) is 6.04 Å². The number of nitrogens with one attached hydrogen (secondary N) is 1. The van der Waals surface area contributed by atoms with Crippen LogP contribution in [0.15, 0.2) is 35.8 Å². The minimum atomic E-state index is -0.230. The fourth-order valence-corrected chi connectivity index (χ4v) is 2.87. The van der Waals surface area contributed by atoms with Crippen molar-refractivity contribution < 1.29 is 4.79 Å². The van der Waals surface area contributed by atoms with Gasteiger partial charge in [0.05, 0.1) is 11.6 Å². The molecule has 1 atom stereocenters. The molecule has 0 spiro atoms. The molecule has 1 amide bonds. The predicted octanol–water partition coefficient (Wildman–Crippen LogP) is 2.23. The third-order valence-corrected chi connectivity index (χ3v) is 4.01. The Morgan fingerprint density at radius 1 is 1.40 bits per heavy atom. The Hall–Kier alpha value is -2.39. The van der Waals surface area contributed by atoms with Crippen LogP contribution in [0.3, 0.4) is 0 Å². The Morgan fingerprint density at radius 2 is 2.20 bits per heavy atom. The van der Waals surface area contributed by atoms with Crippen LogP contribution in [-0.2, 0) is 4.79 Å². The van der Waals surface area contributed by atoms with E-state index in [1.807, 2.05) is 17.5 Å². The molecule has 1 unspecified atom stereocenters. The van der Waals surface area contributed by atoms with E-state index in [0.29, 0.717) is 12.1 Å². The van der Waals surface area contributed by atoms with E-state index in [2.05, 4.69) is 16.4 Å². The second-order valence-corrected chi connectivity index (χ2v) is 5.35. The lowest BCUT2D eigenvalue weighted by Gasteiger charge is -2.15. The average Bonchev–Trinajstić information content (AvgIpc) is 3.11. The van der Waals surface area contributed by atoms with Gasteiger partial charge in [-0.2, -0.15) is 5.26 Å². The molecule has 0 saturated carbocycles. The van der Waals surface area contributed by atoms with E-state index in [1.165, 1.54) is 11.3 Å². The number of anilines is 2. The lowest BCUT2D eigenvalue weighted by molar-refractivity contribution is -0.117. The van der Waals surface area contributed by atoms with Crippen molar-refractivity contribution in [3.63, 3.8) is 0 Å². The number of nitrogens with zero attached hydrogens (tertiary/aromatic N) is 3. The lowest BCUT2D eigenvalue weighted by atomic mass is 10.2. The van der Waals surface area contributed by atoms with Gasteiger partial charge < -0.3 is 5.32 Å². The second-order valence-electron chi connectivity index (χ2n) is 4.48. The number of rotatable bonds is 3. The molecule has 1 N–H and O–H groups in total. The van der Waals surface area contributed by atoms with Crippen molar-refractivity contribution in [2.45, 2.75) is 12.5 Å². The number of benzene rings is 1. The Labute approximate surface area is 120 Å². The van der Waals surface area contributed by atoms with E-state index in [0.717, 1.165) is 17.2 Å². The van der Waals surface area contributed by atoms with E-state index in [9.17, 15) is 4.79 Å². The number of nitriles is 1. The smallest absolute Gasteiger partial charge is 0.251 e. The molecule has 0 aliphatic carbocycles. The summed E-state index contributed by atoms with van der Waals surface area (Å²) in [6.45, 7) is 0.681. The number of carbonyl (C=O) groups is 1. The molecule has 0 bridgehead atoms. The average molecular weight is 284 g/mol. The fraction of sp³-hybridized carbons (Fsp3) is 0.214. The minimum absolute atomic E-state index is 0.0457. The summed E-state index contributed by atoms with van der Waals surface area (Å²) in [5, 5.41) is 14.6. The Kier molecular flexibility index (Phi) is 3.35. The van der Waals surface area contributed by atoms with Gasteiger partial charge >= 0.3 is 0 Å². The molecule has 1 fully saturated rings. The number of carbonyl (C=O) groups excluding carboxylic acids is 1. The van der Waals surface area contributed by atoms with Crippen molar-refractivity contribution in [1.82, 2.24) is 4.98 Å². The Bertz CT molecular complexity index is 645. The van der Waals surface area contributed by atoms with Gasteiger partial charge in [-0.1, -0.05) is 0 Å². The molecule has 0 radical (unpaired) electrons. The first-order valence-corrected chi connectivity index (χ1v) is 7.13. The summed E-state index contributed by atoms with van der Waals surface area (Å²) >= 11 is 1.47. The van der Waals surface area contributed by atoms with Crippen LogP contribution in [0.5, 0.6) is 0 Å². The highest BCUT2D eigenvalue weighted by Gasteiger charge is 2.33. The second kappa shape index (κ2) is 5.31. The van der Waals surface area contributed by atoms with E-state index in [-0.39, 0.29) is 11.9 Å². The Morgan fingerprint density at radius 3 is 2.85 bits per heavy atom. The van der Waals surface area contributed by atoms with E-state index < -0.39 is 0 Å². The zero-order chi connectivity index (χ0) is 13.9. The monoisotopic (exact) mass is 284 g/mol. The van der Waals surface area contributed by atoms with E-state index >= 15 is 0 Å². The highest BCUT2D eigenvalue weighted by molar-refractivity contribution is 7.13. The third-order valence-electron chi connectivity index (χ3n) is 3.21. The van der Waals surface area contributed by atoms with Crippen LogP contribution >= 0.6 is 11.3 Å². The van der Waals surface area contributed by atoms with Crippen molar-refractivity contribution >= 4 is 28.1 Å². The topological polar surface area (TPSA) is 69.0 Å². The van der Waals surface area contributed by atoms with E-state index in [4.69, 9.17) is 5.26 Å². The summed E-state index contributed by atoms with van der Waals surface area (Å²) in [6, 6.07) is 8.95. The third kappa shape index (κ3) is 2.36. The summed E-state index contributed by atoms with van der Waals surface area (Å²) < 4.78 is 0. The number of amides is 1. The highest BCUT2D eigenvalue weighted by atomic mass is 32.1. The zero-order valence-corrected chi connectivity index (χ0v) is 11.4. The first-order valence-electron chi connectivity index (χ1n) is 6.25. The van der Waals surface area contributed by atoms with Crippen LogP contribution in [0.2, 0.25) is 0 Å².